The van der Waals surface area contributed by atoms with Gasteiger partial charge in [-0.3, -0.25) is 4.79 Å². The summed E-state index contributed by atoms with van der Waals surface area (Å²) in [7, 11) is 0. The second-order valence-electron chi connectivity index (χ2n) is 3.82. The summed E-state index contributed by atoms with van der Waals surface area (Å²) in [5.41, 5.74) is 0. The van der Waals surface area contributed by atoms with Gasteiger partial charge in [0.05, 0.1) is 12.5 Å². The first kappa shape index (κ1) is 9.30. The molecule has 2 aliphatic rings. The van der Waals surface area contributed by atoms with Gasteiger partial charge in [-0.15, -0.1) is 0 Å². The number of carboxylic acid groups (broad SMARTS) is 1. The molecule has 0 radical (unpaired) electrons. The number of fused-ring (bicyclic) bond motifs is 1. The second kappa shape index (κ2) is 3.48. The van der Waals surface area contributed by atoms with Crippen LogP contribution in [0.2, 0.25) is 0 Å². The maximum atomic E-state index is 11.3. The third kappa shape index (κ3) is 1.54. The van der Waals surface area contributed by atoms with Crippen molar-refractivity contribution in [2.75, 3.05) is 13.2 Å². The number of nitrogens with zero attached hydrogens (tertiary/aromatic N) is 1. The fraction of sp³-hybridized carbons (Fsp3) is 0.778. The fourth-order valence-electron chi connectivity index (χ4n) is 2.12. The van der Waals surface area contributed by atoms with Crippen LogP contribution in [0.1, 0.15) is 19.3 Å². The van der Waals surface area contributed by atoms with E-state index in [1.807, 2.05) is 0 Å². The van der Waals surface area contributed by atoms with Crippen LogP contribution in [-0.4, -0.2) is 41.3 Å². The topological polar surface area (TPSA) is 66.8 Å². The van der Waals surface area contributed by atoms with Crippen LogP contribution in [0.25, 0.3) is 0 Å². The van der Waals surface area contributed by atoms with Crippen molar-refractivity contribution in [1.29, 1.82) is 0 Å². The van der Waals surface area contributed by atoms with Crippen LogP contribution in [0.15, 0.2) is 0 Å². The van der Waals surface area contributed by atoms with E-state index in [2.05, 4.69) is 0 Å². The van der Waals surface area contributed by atoms with E-state index in [1.54, 1.807) is 4.90 Å². The van der Waals surface area contributed by atoms with Gasteiger partial charge in [0.15, 0.2) is 0 Å². The number of carboxylic acids is 1. The Bertz CT molecular complexity index is 266. The number of carbonyl (C=O) groups is 2. The highest BCUT2D eigenvalue weighted by Gasteiger charge is 2.37. The zero-order valence-corrected chi connectivity index (χ0v) is 7.81. The first-order valence-corrected chi connectivity index (χ1v) is 4.84. The average molecular weight is 199 g/mol. The van der Waals surface area contributed by atoms with E-state index in [9.17, 15) is 9.59 Å². The summed E-state index contributed by atoms with van der Waals surface area (Å²) in [6.07, 6.45) is 1.93. The molecule has 14 heavy (non-hydrogen) atoms. The normalized spacial score (nSPS) is 32.0. The van der Waals surface area contributed by atoms with E-state index < -0.39 is 11.9 Å². The van der Waals surface area contributed by atoms with Gasteiger partial charge in [-0.1, -0.05) is 0 Å². The lowest BCUT2D eigenvalue weighted by Crippen LogP contribution is -2.52. The van der Waals surface area contributed by atoms with Crippen LogP contribution >= 0.6 is 0 Å². The Balaban J connectivity index is 2.05. The molecule has 2 atom stereocenters. The lowest BCUT2D eigenvalue weighted by molar-refractivity contribution is -0.144. The zero-order valence-electron chi connectivity index (χ0n) is 7.81. The maximum absolute atomic E-state index is 11.3. The van der Waals surface area contributed by atoms with Gasteiger partial charge in [0.1, 0.15) is 0 Å². The van der Waals surface area contributed by atoms with Crippen molar-refractivity contribution in [3.63, 3.8) is 0 Å². The minimum Gasteiger partial charge on any atom is -0.481 e. The van der Waals surface area contributed by atoms with Crippen LogP contribution in [0.3, 0.4) is 0 Å². The highest BCUT2D eigenvalue weighted by Crippen LogP contribution is 2.27. The van der Waals surface area contributed by atoms with Crippen LogP contribution in [0.5, 0.6) is 0 Å². The zero-order chi connectivity index (χ0) is 10.1. The van der Waals surface area contributed by atoms with E-state index in [4.69, 9.17) is 9.84 Å². The van der Waals surface area contributed by atoms with Crippen LogP contribution in [-0.2, 0) is 9.53 Å². The molecule has 0 aromatic carbocycles. The predicted molar refractivity (Wildman–Crippen MR) is 46.8 cm³/mol. The SMILES string of the molecule is O=C(O)[C@H]1CC[C@H]2CCOC(=O)N2C1. The first-order chi connectivity index (χ1) is 6.68. The van der Waals surface area contributed by atoms with Gasteiger partial charge in [-0.25, -0.2) is 4.79 Å². The molecule has 5 nitrogen and oxygen atoms in total. The number of aliphatic carboxylic acids is 1. The predicted octanol–water partition coefficient (Wildman–Crippen LogP) is 0.692. The molecule has 5 heteroatoms. The number of hydrogen-bond acceptors (Lipinski definition) is 3. The quantitative estimate of drug-likeness (QED) is 0.674. The highest BCUT2D eigenvalue weighted by molar-refractivity contribution is 5.73. The minimum atomic E-state index is -0.818. The second-order valence-corrected chi connectivity index (χ2v) is 3.82. The van der Waals surface area contributed by atoms with Crippen molar-refractivity contribution < 1.29 is 19.4 Å². The Morgan fingerprint density at radius 1 is 1.43 bits per heavy atom. The Morgan fingerprint density at radius 2 is 2.21 bits per heavy atom. The molecule has 0 bridgehead atoms. The van der Waals surface area contributed by atoms with Crippen molar-refractivity contribution in [1.82, 2.24) is 4.90 Å². The number of amides is 1. The molecule has 0 aromatic rings. The molecular formula is C9H13NO4. The Morgan fingerprint density at radius 3 is 2.93 bits per heavy atom. The molecule has 0 spiro atoms. The molecule has 78 valence electrons. The molecular weight excluding hydrogens is 186 g/mol. The molecule has 2 heterocycles. The first-order valence-electron chi connectivity index (χ1n) is 4.84. The number of hydrogen-bond donors (Lipinski definition) is 1. The molecule has 0 saturated carbocycles. The van der Waals surface area contributed by atoms with E-state index in [0.717, 1.165) is 12.8 Å². The standard InChI is InChI=1S/C9H13NO4/c11-8(12)6-1-2-7-3-4-14-9(13)10(7)5-6/h6-7H,1-5H2,(H,11,12)/t6-,7-/m0/s1. The summed E-state index contributed by atoms with van der Waals surface area (Å²) in [5.74, 6) is -1.24. The molecule has 0 aromatic heterocycles. The monoisotopic (exact) mass is 199 g/mol. The van der Waals surface area contributed by atoms with Crippen LogP contribution in [0, 0.1) is 5.92 Å². The van der Waals surface area contributed by atoms with Gasteiger partial charge >= 0.3 is 12.1 Å². The maximum Gasteiger partial charge on any atom is 0.410 e. The third-order valence-corrected chi connectivity index (χ3v) is 2.97. The summed E-state index contributed by atoms with van der Waals surface area (Å²) in [6.45, 7) is 0.774. The molecule has 0 unspecified atom stereocenters. The van der Waals surface area contributed by atoms with E-state index in [1.165, 1.54) is 0 Å². The van der Waals surface area contributed by atoms with Gasteiger partial charge in [-0.05, 0) is 12.8 Å². The summed E-state index contributed by atoms with van der Waals surface area (Å²) < 4.78 is 4.87. The van der Waals surface area contributed by atoms with Crippen molar-refractivity contribution in [3.05, 3.63) is 0 Å². The molecule has 1 N–H and O–H groups in total. The van der Waals surface area contributed by atoms with E-state index >= 15 is 0 Å². The van der Waals surface area contributed by atoms with Crippen molar-refractivity contribution >= 4 is 12.1 Å². The van der Waals surface area contributed by atoms with Gasteiger partial charge in [0.2, 0.25) is 0 Å². The number of carbonyl (C=O) groups excluding carboxylic acids is 1. The summed E-state index contributed by atoms with van der Waals surface area (Å²) in [5, 5.41) is 8.84. The average Bonchev–Trinajstić information content (AvgIpc) is 2.18. The largest absolute Gasteiger partial charge is 0.481 e. The number of rotatable bonds is 1. The van der Waals surface area contributed by atoms with Crippen molar-refractivity contribution in [3.8, 4) is 0 Å². The van der Waals surface area contributed by atoms with E-state index in [-0.39, 0.29) is 12.1 Å². The van der Waals surface area contributed by atoms with Crippen molar-refractivity contribution in [2.24, 2.45) is 5.92 Å². The third-order valence-electron chi connectivity index (χ3n) is 2.97. The summed E-state index contributed by atoms with van der Waals surface area (Å²) in [4.78, 5) is 23.6. The molecule has 0 aliphatic carbocycles. The fourth-order valence-corrected chi connectivity index (χ4v) is 2.12. The molecule has 2 fully saturated rings. The Kier molecular flexibility index (Phi) is 2.31. The molecule has 2 rings (SSSR count). The highest BCUT2D eigenvalue weighted by atomic mass is 16.6. The molecule has 1 amide bonds. The molecule has 2 aliphatic heterocycles. The minimum absolute atomic E-state index is 0.201. The van der Waals surface area contributed by atoms with Crippen LogP contribution in [0.4, 0.5) is 4.79 Å². The smallest absolute Gasteiger partial charge is 0.410 e. The lowest BCUT2D eigenvalue weighted by atomic mass is 9.91. The van der Waals surface area contributed by atoms with Crippen molar-refractivity contribution in [2.45, 2.75) is 25.3 Å². The summed E-state index contributed by atoms with van der Waals surface area (Å²) in [6, 6.07) is 0.201. The Hall–Kier alpha value is -1.26. The summed E-state index contributed by atoms with van der Waals surface area (Å²) >= 11 is 0. The number of piperidine rings is 1. The number of cyclic esters (lactones) is 1. The number of ether oxygens (including phenoxy) is 1. The van der Waals surface area contributed by atoms with Crippen LogP contribution < -0.4 is 0 Å². The van der Waals surface area contributed by atoms with Gasteiger partial charge in [0, 0.05) is 19.0 Å². The van der Waals surface area contributed by atoms with Gasteiger partial charge in [0.25, 0.3) is 0 Å². The lowest BCUT2D eigenvalue weighted by Gasteiger charge is -2.40. The van der Waals surface area contributed by atoms with E-state index in [0.29, 0.717) is 19.6 Å². The van der Waals surface area contributed by atoms with Gasteiger partial charge in [-0.2, -0.15) is 0 Å². The van der Waals surface area contributed by atoms with Gasteiger partial charge < -0.3 is 14.7 Å². The Labute approximate surface area is 81.6 Å². The molecule has 2 saturated heterocycles.